The van der Waals surface area contributed by atoms with Crippen molar-refractivity contribution in [2.45, 2.75) is 80.3 Å². The first kappa shape index (κ1) is 19.4. The van der Waals surface area contributed by atoms with Crippen LogP contribution in [0.25, 0.3) is 0 Å². The molecule has 0 saturated carbocycles. The van der Waals surface area contributed by atoms with Crippen molar-refractivity contribution in [1.82, 2.24) is 0 Å². The van der Waals surface area contributed by atoms with Crippen LogP contribution in [0.4, 0.5) is 0 Å². The first-order chi connectivity index (χ1) is 8.90. The Hall–Kier alpha value is 0.430. The fourth-order valence-electron chi connectivity index (χ4n) is 3.17. The van der Waals surface area contributed by atoms with Crippen LogP contribution in [0.2, 0.25) is 0 Å². The SMILES string of the molecule is CCCPC(C(C)CC)C(C)C(C)C(C)C(C)CC. The van der Waals surface area contributed by atoms with Gasteiger partial charge in [0.1, 0.15) is 0 Å². The second-order valence-corrected chi connectivity index (χ2v) is 8.40. The third-order valence-electron chi connectivity index (χ3n) is 5.65. The molecule has 0 aliphatic carbocycles. The van der Waals surface area contributed by atoms with E-state index in [4.69, 9.17) is 0 Å². The highest BCUT2D eigenvalue weighted by atomic mass is 31.1. The minimum absolute atomic E-state index is 0.859. The fraction of sp³-hybridized carbons (Fsp3) is 1.00. The van der Waals surface area contributed by atoms with Crippen molar-refractivity contribution >= 4 is 8.58 Å². The summed E-state index contributed by atoms with van der Waals surface area (Å²) in [5.74, 6) is 4.36. The van der Waals surface area contributed by atoms with Crippen molar-refractivity contribution in [3.63, 3.8) is 0 Å². The lowest BCUT2D eigenvalue weighted by molar-refractivity contribution is 0.190. The molecule has 0 radical (unpaired) electrons. The summed E-state index contributed by atoms with van der Waals surface area (Å²) in [5, 5.41) is 0. The molecule has 0 heterocycles. The molecule has 0 saturated heterocycles. The van der Waals surface area contributed by atoms with Crippen LogP contribution >= 0.6 is 8.58 Å². The van der Waals surface area contributed by atoms with Crippen molar-refractivity contribution in [2.24, 2.45) is 29.6 Å². The van der Waals surface area contributed by atoms with Gasteiger partial charge in [-0.1, -0.05) is 74.7 Å². The van der Waals surface area contributed by atoms with Gasteiger partial charge in [-0.3, -0.25) is 0 Å². The van der Waals surface area contributed by atoms with E-state index in [1.165, 1.54) is 34.0 Å². The Labute approximate surface area is 125 Å². The van der Waals surface area contributed by atoms with Crippen LogP contribution in [0.5, 0.6) is 0 Å². The van der Waals surface area contributed by atoms with Gasteiger partial charge in [0.25, 0.3) is 0 Å². The Balaban J connectivity index is 4.71. The standard InChI is InChI=1S/C18H39P/c1-9-12-19-18(14(5)11-3)17(8)16(7)15(6)13(4)10-2/h13-19H,9-12H2,1-8H3. The summed E-state index contributed by atoms with van der Waals surface area (Å²) < 4.78 is 0. The summed E-state index contributed by atoms with van der Waals surface area (Å²) in [5.41, 5.74) is 0.950. The Morgan fingerprint density at radius 3 is 1.63 bits per heavy atom. The molecule has 116 valence electrons. The van der Waals surface area contributed by atoms with Crippen LogP contribution in [0.3, 0.4) is 0 Å². The van der Waals surface area contributed by atoms with Crippen molar-refractivity contribution < 1.29 is 0 Å². The van der Waals surface area contributed by atoms with Gasteiger partial charge in [-0.2, -0.15) is 0 Å². The van der Waals surface area contributed by atoms with Crippen LogP contribution in [0, 0.1) is 29.6 Å². The van der Waals surface area contributed by atoms with Gasteiger partial charge in [-0.05, 0) is 41.4 Å². The third kappa shape index (κ3) is 6.16. The van der Waals surface area contributed by atoms with Crippen molar-refractivity contribution in [1.29, 1.82) is 0 Å². The monoisotopic (exact) mass is 286 g/mol. The lowest BCUT2D eigenvalue weighted by Gasteiger charge is -2.37. The summed E-state index contributed by atoms with van der Waals surface area (Å²) >= 11 is 0. The largest absolute Gasteiger partial charge is 0.118 e. The molecule has 0 aromatic rings. The molecule has 0 spiro atoms. The smallest absolute Gasteiger partial charge is 0.0183 e. The van der Waals surface area contributed by atoms with E-state index < -0.39 is 0 Å². The molecule has 0 rings (SSSR count). The maximum Gasteiger partial charge on any atom is -0.0183 e. The quantitative estimate of drug-likeness (QED) is 0.405. The highest BCUT2D eigenvalue weighted by Gasteiger charge is 2.30. The van der Waals surface area contributed by atoms with E-state index in [1.54, 1.807) is 0 Å². The van der Waals surface area contributed by atoms with Gasteiger partial charge in [0.05, 0.1) is 0 Å². The Bertz CT molecular complexity index is 214. The first-order valence-corrected chi connectivity index (χ1v) is 9.92. The van der Waals surface area contributed by atoms with Crippen LogP contribution < -0.4 is 0 Å². The topological polar surface area (TPSA) is 0 Å². The van der Waals surface area contributed by atoms with Crippen LogP contribution in [0.1, 0.15) is 74.7 Å². The molecule has 0 aliphatic heterocycles. The van der Waals surface area contributed by atoms with Gasteiger partial charge in [-0.15, -0.1) is 8.58 Å². The van der Waals surface area contributed by atoms with E-state index in [2.05, 4.69) is 55.4 Å². The number of rotatable bonds is 10. The molecule has 7 atom stereocenters. The van der Waals surface area contributed by atoms with E-state index in [-0.39, 0.29) is 0 Å². The van der Waals surface area contributed by atoms with Gasteiger partial charge in [0.2, 0.25) is 0 Å². The Morgan fingerprint density at radius 1 is 0.684 bits per heavy atom. The summed E-state index contributed by atoms with van der Waals surface area (Å²) in [7, 11) is 1.17. The van der Waals surface area contributed by atoms with Crippen molar-refractivity contribution in [3.8, 4) is 0 Å². The van der Waals surface area contributed by atoms with Gasteiger partial charge in [0.15, 0.2) is 0 Å². The van der Waals surface area contributed by atoms with Crippen LogP contribution in [-0.2, 0) is 0 Å². The molecule has 0 fully saturated rings. The van der Waals surface area contributed by atoms with Gasteiger partial charge in [-0.25, -0.2) is 0 Å². The Morgan fingerprint density at radius 2 is 1.21 bits per heavy atom. The average Bonchev–Trinajstić information content (AvgIpc) is 2.44. The summed E-state index contributed by atoms with van der Waals surface area (Å²) in [6.07, 6.45) is 5.46. The van der Waals surface area contributed by atoms with E-state index in [0.29, 0.717) is 0 Å². The zero-order valence-corrected chi connectivity index (χ0v) is 15.8. The molecule has 19 heavy (non-hydrogen) atoms. The van der Waals surface area contributed by atoms with Crippen molar-refractivity contribution in [3.05, 3.63) is 0 Å². The molecule has 0 amide bonds. The molecule has 0 aromatic heterocycles. The number of hydrogen-bond donors (Lipinski definition) is 0. The molecule has 1 heteroatoms. The zero-order chi connectivity index (χ0) is 15.0. The van der Waals surface area contributed by atoms with Gasteiger partial charge >= 0.3 is 0 Å². The molecule has 0 nitrogen and oxygen atoms in total. The highest BCUT2D eigenvalue weighted by molar-refractivity contribution is 7.38. The van der Waals surface area contributed by atoms with Crippen molar-refractivity contribution in [2.75, 3.05) is 6.16 Å². The zero-order valence-electron chi connectivity index (χ0n) is 14.8. The second-order valence-electron chi connectivity index (χ2n) is 6.83. The van der Waals surface area contributed by atoms with E-state index in [1.807, 2.05) is 0 Å². The third-order valence-corrected chi connectivity index (χ3v) is 8.01. The molecule has 0 aromatic carbocycles. The summed E-state index contributed by atoms with van der Waals surface area (Å²) in [6, 6.07) is 0. The van der Waals surface area contributed by atoms with Gasteiger partial charge < -0.3 is 0 Å². The molecule has 0 N–H and O–H groups in total. The predicted molar refractivity (Wildman–Crippen MR) is 93.7 cm³/mol. The lowest BCUT2D eigenvalue weighted by Crippen LogP contribution is -2.31. The normalized spacial score (nSPS) is 22.1. The summed E-state index contributed by atoms with van der Waals surface area (Å²) in [4.78, 5) is 0. The lowest BCUT2D eigenvalue weighted by atomic mass is 9.74. The first-order valence-electron chi connectivity index (χ1n) is 8.63. The van der Waals surface area contributed by atoms with E-state index >= 15 is 0 Å². The van der Waals surface area contributed by atoms with E-state index in [0.717, 1.165) is 35.2 Å². The highest BCUT2D eigenvalue weighted by Crippen LogP contribution is 2.41. The molecular weight excluding hydrogens is 247 g/mol. The summed E-state index contributed by atoms with van der Waals surface area (Å²) in [6.45, 7) is 19.5. The number of hydrogen-bond acceptors (Lipinski definition) is 0. The maximum absolute atomic E-state index is 2.53. The molecular formula is C18H39P. The molecule has 0 aliphatic rings. The van der Waals surface area contributed by atoms with Gasteiger partial charge in [0, 0.05) is 0 Å². The van der Waals surface area contributed by atoms with Crippen LogP contribution in [0.15, 0.2) is 0 Å². The Kier molecular flexibility index (Phi) is 10.4. The fourth-order valence-corrected chi connectivity index (χ4v) is 5.10. The molecule has 0 bridgehead atoms. The molecule has 7 unspecified atom stereocenters. The van der Waals surface area contributed by atoms with Crippen LogP contribution in [-0.4, -0.2) is 11.8 Å². The predicted octanol–water partition coefficient (Wildman–Crippen LogP) is 6.44. The second kappa shape index (κ2) is 10.2. The van der Waals surface area contributed by atoms with E-state index in [9.17, 15) is 0 Å². The maximum atomic E-state index is 2.53. The average molecular weight is 286 g/mol. The minimum Gasteiger partial charge on any atom is -0.118 e. The minimum atomic E-state index is 0.859.